The minimum absolute atomic E-state index is 0.138. The summed E-state index contributed by atoms with van der Waals surface area (Å²) in [4.78, 5) is 14.1. The zero-order valence-electron chi connectivity index (χ0n) is 13.9. The van der Waals surface area contributed by atoms with Gasteiger partial charge >= 0.3 is 6.09 Å². The summed E-state index contributed by atoms with van der Waals surface area (Å²) in [5, 5.41) is 7.92. The minimum atomic E-state index is -0.478. The lowest BCUT2D eigenvalue weighted by Gasteiger charge is -2.36. The van der Waals surface area contributed by atoms with Crippen molar-refractivity contribution >= 4 is 17.7 Å². The van der Waals surface area contributed by atoms with Gasteiger partial charge in [-0.25, -0.2) is 4.79 Å². The number of hydrogen-bond donors (Lipinski definition) is 0. The van der Waals surface area contributed by atoms with Gasteiger partial charge in [0.15, 0.2) is 5.15 Å². The van der Waals surface area contributed by atoms with Gasteiger partial charge in [0, 0.05) is 25.1 Å². The van der Waals surface area contributed by atoms with Crippen LogP contribution in [0.1, 0.15) is 46.5 Å². The van der Waals surface area contributed by atoms with Gasteiger partial charge in [-0.05, 0) is 46.1 Å². The maximum absolute atomic E-state index is 12.3. The van der Waals surface area contributed by atoms with Crippen LogP contribution in [-0.2, 0) is 4.74 Å². The topological polar surface area (TPSA) is 64.5 Å². The number of ether oxygens (including phenoxy) is 2. The Balaban J connectivity index is 1.86. The highest BCUT2D eigenvalue weighted by atomic mass is 35.5. The molecule has 0 N–H and O–H groups in total. The van der Waals surface area contributed by atoms with Crippen molar-refractivity contribution in [2.24, 2.45) is 0 Å². The molecule has 1 aliphatic heterocycles. The van der Waals surface area contributed by atoms with E-state index < -0.39 is 5.60 Å². The molecule has 0 aromatic carbocycles. The molecule has 7 heteroatoms. The van der Waals surface area contributed by atoms with Gasteiger partial charge in [0.25, 0.3) is 0 Å². The van der Waals surface area contributed by atoms with Gasteiger partial charge in [-0.3, -0.25) is 0 Å². The molecule has 0 unspecified atom stereocenters. The number of hydrogen-bond acceptors (Lipinski definition) is 5. The lowest BCUT2D eigenvalue weighted by molar-refractivity contribution is 0.00737. The highest BCUT2D eigenvalue weighted by Gasteiger charge is 2.30. The van der Waals surface area contributed by atoms with E-state index in [1.54, 1.807) is 12.1 Å². The molecule has 2 heterocycles. The van der Waals surface area contributed by atoms with Crippen LogP contribution in [0.2, 0.25) is 5.15 Å². The zero-order valence-corrected chi connectivity index (χ0v) is 14.7. The Labute approximate surface area is 142 Å². The summed E-state index contributed by atoms with van der Waals surface area (Å²) in [6.45, 7) is 6.85. The number of halogens is 1. The Hall–Kier alpha value is -1.56. The Morgan fingerprint density at radius 2 is 2.13 bits per heavy atom. The third-order valence-corrected chi connectivity index (χ3v) is 3.77. The molecule has 1 fully saturated rings. The average Bonchev–Trinajstić information content (AvgIpc) is 2.48. The van der Waals surface area contributed by atoms with Crippen LogP contribution in [0.5, 0.6) is 5.88 Å². The minimum Gasteiger partial charge on any atom is -0.477 e. The molecule has 128 valence electrons. The van der Waals surface area contributed by atoms with Crippen molar-refractivity contribution in [1.29, 1.82) is 0 Å². The standard InChI is InChI=1S/C16H24ClN3O3/c1-16(2,3)23-15(21)20-10-5-4-6-12(20)9-11-22-14-8-7-13(17)18-19-14/h7-8,12H,4-6,9-11H2,1-3H3/t12-/m1/s1. The SMILES string of the molecule is CC(C)(C)OC(=O)N1CCCC[C@@H]1CCOc1ccc(Cl)nn1. The number of carbonyl (C=O) groups excluding carboxylic acids is 1. The van der Waals surface area contributed by atoms with Crippen LogP contribution in [0.4, 0.5) is 4.79 Å². The Morgan fingerprint density at radius 1 is 1.35 bits per heavy atom. The van der Waals surface area contributed by atoms with Crippen LogP contribution < -0.4 is 4.74 Å². The fourth-order valence-corrected chi connectivity index (χ4v) is 2.64. The van der Waals surface area contributed by atoms with Gasteiger partial charge in [-0.1, -0.05) is 11.6 Å². The normalized spacial score (nSPS) is 18.6. The van der Waals surface area contributed by atoms with Crippen molar-refractivity contribution in [3.05, 3.63) is 17.3 Å². The van der Waals surface area contributed by atoms with E-state index in [9.17, 15) is 4.79 Å². The van der Waals surface area contributed by atoms with Gasteiger partial charge in [-0.15, -0.1) is 10.2 Å². The van der Waals surface area contributed by atoms with Crippen molar-refractivity contribution in [2.45, 2.75) is 58.1 Å². The van der Waals surface area contributed by atoms with Crippen molar-refractivity contribution in [2.75, 3.05) is 13.2 Å². The molecule has 6 nitrogen and oxygen atoms in total. The van der Waals surface area contributed by atoms with E-state index in [0.29, 0.717) is 17.6 Å². The predicted molar refractivity (Wildman–Crippen MR) is 87.7 cm³/mol. The van der Waals surface area contributed by atoms with Crippen LogP contribution in [0.15, 0.2) is 12.1 Å². The molecule has 1 saturated heterocycles. The number of nitrogens with zero attached hydrogens (tertiary/aromatic N) is 3. The van der Waals surface area contributed by atoms with Crippen LogP contribution in [0.25, 0.3) is 0 Å². The lowest BCUT2D eigenvalue weighted by Crippen LogP contribution is -2.46. The van der Waals surface area contributed by atoms with Gasteiger partial charge in [0.2, 0.25) is 5.88 Å². The first kappa shape index (κ1) is 17.8. The first-order chi connectivity index (χ1) is 10.8. The molecule has 0 spiro atoms. The molecule has 1 aromatic heterocycles. The molecule has 1 amide bonds. The molecule has 0 radical (unpaired) electrons. The molecular weight excluding hydrogens is 318 g/mol. The van der Waals surface area contributed by atoms with E-state index in [1.165, 1.54) is 0 Å². The second kappa shape index (κ2) is 7.81. The summed E-state index contributed by atoms with van der Waals surface area (Å²) < 4.78 is 11.1. The Bertz CT molecular complexity index is 516. The van der Waals surface area contributed by atoms with Crippen molar-refractivity contribution in [3.8, 4) is 5.88 Å². The number of piperidine rings is 1. The molecule has 1 aliphatic rings. The monoisotopic (exact) mass is 341 g/mol. The van der Waals surface area contributed by atoms with E-state index in [4.69, 9.17) is 21.1 Å². The molecule has 0 bridgehead atoms. The van der Waals surface area contributed by atoms with Crippen LogP contribution in [-0.4, -0.2) is 46.0 Å². The number of rotatable bonds is 4. The molecule has 1 atom stereocenters. The molecule has 0 aliphatic carbocycles. The number of aromatic nitrogens is 2. The molecular formula is C16H24ClN3O3. The van der Waals surface area contributed by atoms with Gasteiger partial charge in [-0.2, -0.15) is 0 Å². The molecule has 1 aromatic rings. The van der Waals surface area contributed by atoms with E-state index in [0.717, 1.165) is 32.2 Å². The Morgan fingerprint density at radius 3 is 2.78 bits per heavy atom. The zero-order chi connectivity index (χ0) is 16.9. The van der Waals surface area contributed by atoms with Crippen LogP contribution >= 0.6 is 11.6 Å². The lowest BCUT2D eigenvalue weighted by atomic mass is 10.0. The van der Waals surface area contributed by atoms with E-state index in [2.05, 4.69) is 10.2 Å². The summed E-state index contributed by atoms with van der Waals surface area (Å²) in [6, 6.07) is 3.46. The first-order valence-electron chi connectivity index (χ1n) is 7.97. The second-order valence-electron chi connectivity index (χ2n) is 6.65. The summed E-state index contributed by atoms with van der Waals surface area (Å²) in [6.07, 6.45) is 3.59. The third kappa shape index (κ3) is 5.86. The maximum atomic E-state index is 12.3. The fraction of sp³-hybridized carbons (Fsp3) is 0.688. The number of amides is 1. The van der Waals surface area contributed by atoms with Crippen LogP contribution in [0, 0.1) is 0 Å². The third-order valence-electron chi connectivity index (χ3n) is 3.56. The van der Waals surface area contributed by atoms with Crippen molar-refractivity contribution in [3.63, 3.8) is 0 Å². The van der Waals surface area contributed by atoms with Gasteiger partial charge in [0.05, 0.1) is 6.61 Å². The Kier molecular flexibility index (Phi) is 6.04. The van der Waals surface area contributed by atoms with E-state index >= 15 is 0 Å². The van der Waals surface area contributed by atoms with E-state index in [-0.39, 0.29) is 12.1 Å². The summed E-state index contributed by atoms with van der Waals surface area (Å²) >= 11 is 5.69. The second-order valence-corrected chi connectivity index (χ2v) is 7.04. The fourth-order valence-electron chi connectivity index (χ4n) is 2.54. The highest BCUT2D eigenvalue weighted by molar-refractivity contribution is 6.29. The van der Waals surface area contributed by atoms with Gasteiger partial charge in [0.1, 0.15) is 5.60 Å². The number of likely N-dealkylation sites (tertiary alicyclic amines) is 1. The predicted octanol–water partition coefficient (Wildman–Crippen LogP) is 3.69. The number of carbonyl (C=O) groups is 1. The van der Waals surface area contributed by atoms with E-state index in [1.807, 2.05) is 25.7 Å². The average molecular weight is 342 g/mol. The summed E-state index contributed by atoms with van der Waals surface area (Å²) in [7, 11) is 0. The summed E-state index contributed by atoms with van der Waals surface area (Å²) in [5.74, 6) is 0.439. The highest BCUT2D eigenvalue weighted by Crippen LogP contribution is 2.22. The molecule has 2 rings (SSSR count). The van der Waals surface area contributed by atoms with Crippen molar-refractivity contribution < 1.29 is 14.3 Å². The first-order valence-corrected chi connectivity index (χ1v) is 8.34. The van der Waals surface area contributed by atoms with Crippen LogP contribution in [0.3, 0.4) is 0 Å². The maximum Gasteiger partial charge on any atom is 0.410 e. The largest absolute Gasteiger partial charge is 0.477 e. The molecule has 23 heavy (non-hydrogen) atoms. The van der Waals surface area contributed by atoms with Crippen molar-refractivity contribution in [1.82, 2.24) is 15.1 Å². The quantitative estimate of drug-likeness (QED) is 0.835. The summed E-state index contributed by atoms with van der Waals surface area (Å²) in [5.41, 5.74) is -0.478. The smallest absolute Gasteiger partial charge is 0.410 e. The molecule has 0 saturated carbocycles. The van der Waals surface area contributed by atoms with Gasteiger partial charge < -0.3 is 14.4 Å².